The van der Waals surface area contributed by atoms with Gasteiger partial charge < -0.3 is 14.8 Å². The highest BCUT2D eigenvalue weighted by Gasteiger charge is 2.21. The number of sulfonamides is 1. The van der Waals surface area contributed by atoms with Crippen molar-refractivity contribution in [3.8, 4) is 11.5 Å². The normalized spacial score (nSPS) is 11.3. The molecule has 0 atom stereocenters. The van der Waals surface area contributed by atoms with Gasteiger partial charge in [-0.15, -0.1) is 0 Å². The molecule has 0 saturated carbocycles. The molecule has 10 heteroatoms. The van der Waals surface area contributed by atoms with Crippen LogP contribution in [0.2, 0.25) is 5.02 Å². The molecule has 0 saturated heterocycles. The van der Waals surface area contributed by atoms with E-state index >= 15 is 0 Å². The van der Waals surface area contributed by atoms with E-state index in [9.17, 15) is 17.6 Å². The predicted octanol–water partition coefficient (Wildman–Crippen LogP) is 4.95. The van der Waals surface area contributed by atoms with Crippen LogP contribution in [0.25, 0.3) is 6.08 Å². The summed E-state index contributed by atoms with van der Waals surface area (Å²) < 4.78 is 52.5. The monoisotopic (exact) mass is 490 g/mol. The van der Waals surface area contributed by atoms with Crippen LogP contribution in [0.15, 0.2) is 71.6 Å². The van der Waals surface area contributed by atoms with E-state index in [4.69, 9.17) is 21.1 Å². The molecule has 1 amide bonds. The van der Waals surface area contributed by atoms with Gasteiger partial charge in [-0.2, -0.15) is 0 Å². The summed E-state index contributed by atoms with van der Waals surface area (Å²) in [4.78, 5) is 12.1. The molecule has 0 heterocycles. The molecule has 0 radical (unpaired) electrons. The van der Waals surface area contributed by atoms with Gasteiger partial charge in [-0.05, 0) is 60.7 Å². The van der Waals surface area contributed by atoms with Crippen molar-refractivity contribution in [2.24, 2.45) is 0 Å². The van der Waals surface area contributed by atoms with E-state index in [-0.39, 0.29) is 26.9 Å². The van der Waals surface area contributed by atoms with E-state index in [0.717, 1.165) is 6.08 Å². The first-order valence-electron chi connectivity index (χ1n) is 9.51. The minimum absolute atomic E-state index is 0.0657. The Morgan fingerprint density at radius 2 is 1.70 bits per heavy atom. The zero-order valence-electron chi connectivity index (χ0n) is 17.6. The molecule has 0 fully saturated rings. The van der Waals surface area contributed by atoms with Crippen LogP contribution in [-0.4, -0.2) is 28.5 Å². The summed E-state index contributed by atoms with van der Waals surface area (Å²) in [6.45, 7) is 0. The number of anilines is 2. The number of rotatable bonds is 8. The Balaban J connectivity index is 1.82. The number of hydrogen-bond donors (Lipinski definition) is 2. The fourth-order valence-electron chi connectivity index (χ4n) is 2.85. The van der Waals surface area contributed by atoms with Crippen molar-refractivity contribution >= 4 is 45.0 Å². The van der Waals surface area contributed by atoms with Gasteiger partial charge in [0.2, 0.25) is 5.91 Å². The lowest BCUT2D eigenvalue weighted by molar-refractivity contribution is -0.111. The summed E-state index contributed by atoms with van der Waals surface area (Å²) in [6.07, 6.45) is 2.33. The SMILES string of the molecule is COc1ccc(NS(=O)(=O)c2cc(NC(=O)/C=C/c3c(F)cccc3Cl)ccc2OC)cc1. The van der Waals surface area contributed by atoms with E-state index < -0.39 is 21.7 Å². The molecular weight excluding hydrogens is 471 g/mol. The number of ether oxygens (including phenoxy) is 2. The van der Waals surface area contributed by atoms with Gasteiger partial charge in [0.25, 0.3) is 10.0 Å². The third kappa shape index (κ3) is 6.03. The van der Waals surface area contributed by atoms with Crippen LogP contribution in [0.5, 0.6) is 11.5 Å². The van der Waals surface area contributed by atoms with Gasteiger partial charge in [0.05, 0.1) is 19.2 Å². The van der Waals surface area contributed by atoms with Crippen LogP contribution in [0, 0.1) is 5.82 Å². The van der Waals surface area contributed by atoms with E-state index in [1.165, 1.54) is 56.7 Å². The molecule has 33 heavy (non-hydrogen) atoms. The first-order chi connectivity index (χ1) is 15.7. The smallest absolute Gasteiger partial charge is 0.265 e. The Labute approximate surface area is 195 Å². The predicted molar refractivity (Wildman–Crippen MR) is 126 cm³/mol. The van der Waals surface area contributed by atoms with Crippen LogP contribution < -0.4 is 19.5 Å². The van der Waals surface area contributed by atoms with Crippen LogP contribution in [0.4, 0.5) is 15.8 Å². The number of carbonyl (C=O) groups is 1. The van der Waals surface area contributed by atoms with E-state index in [1.54, 1.807) is 24.3 Å². The van der Waals surface area contributed by atoms with Gasteiger partial charge in [-0.3, -0.25) is 9.52 Å². The molecule has 0 bridgehead atoms. The van der Waals surface area contributed by atoms with Gasteiger partial charge in [0.1, 0.15) is 22.2 Å². The summed E-state index contributed by atoms with van der Waals surface area (Å²) in [5.41, 5.74) is 0.577. The summed E-state index contributed by atoms with van der Waals surface area (Å²) in [5, 5.41) is 2.69. The van der Waals surface area contributed by atoms with Crippen molar-refractivity contribution in [1.82, 2.24) is 0 Å². The number of methoxy groups -OCH3 is 2. The summed E-state index contributed by atoms with van der Waals surface area (Å²) in [6, 6.07) is 14.6. The number of benzene rings is 3. The number of carbonyl (C=O) groups excluding carboxylic acids is 1. The second kappa shape index (κ2) is 10.4. The van der Waals surface area contributed by atoms with Crippen molar-refractivity contribution in [2.45, 2.75) is 4.90 Å². The maximum atomic E-state index is 13.9. The Morgan fingerprint density at radius 1 is 1.00 bits per heavy atom. The van der Waals surface area contributed by atoms with Gasteiger partial charge in [0, 0.05) is 23.0 Å². The van der Waals surface area contributed by atoms with E-state index in [0.29, 0.717) is 11.4 Å². The van der Waals surface area contributed by atoms with Crippen molar-refractivity contribution in [3.63, 3.8) is 0 Å². The van der Waals surface area contributed by atoms with Gasteiger partial charge >= 0.3 is 0 Å². The van der Waals surface area contributed by atoms with Gasteiger partial charge in [-0.1, -0.05) is 17.7 Å². The first kappa shape index (κ1) is 24.1. The first-order valence-corrected chi connectivity index (χ1v) is 11.4. The lowest BCUT2D eigenvalue weighted by Gasteiger charge is -2.13. The van der Waals surface area contributed by atoms with Crippen molar-refractivity contribution in [2.75, 3.05) is 24.3 Å². The second-order valence-electron chi connectivity index (χ2n) is 6.66. The number of amides is 1. The van der Waals surface area contributed by atoms with Crippen LogP contribution in [-0.2, 0) is 14.8 Å². The molecule has 2 N–H and O–H groups in total. The van der Waals surface area contributed by atoms with Crippen molar-refractivity contribution < 1.29 is 27.1 Å². The largest absolute Gasteiger partial charge is 0.497 e. The molecule has 3 aromatic rings. The van der Waals surface area contributed by atoms with Crippen LogP contribution >= 0.6 is 11.6 Å². The molecule has 0 spiro atoms. The molecule has 7 nitrogen and oxygen atoms in total. The van der Waals surface area contributed by atoms with Crippen molar-refractivity contribution in [3.05, 3.63) is 83.1 Å². The highest BCUT2D eigenvalue weighted by Crippen LogP contribution is 2.29. The standard InChI is InChI=1S/C23H20ClFN2O5S/c1-31-17-9-6-15(7-10-17)27-33(29,30)22-14-16(8-12-21(22)32-2)26-23(28)13-11-18-19(24)4-3-5-20(18)25/h3-14,27H,1-2H3,(H,26,28)/b13-11+. The molecule has 3 rings (SSSR count). The number of nitrogens with one attached hydrogen (secondary N) is 2. The highest BCUT2D eigenvalue weighted by molar-refractivity contribution is 7.92. The Bertz CT molecular complexity index is 1270. The topological polar surface area (TPSA) is 93.7 Å². The molecular formula is C23H20ClFN2O5S. The van der Waals surface area contributed by atoms with Crippen LogP contribution in [0.3, 0.4) is 0 Å². The summed E-state index contributed by atoms with van der Waals surface area (Å²) >= 11 is 5.94. The maximum Gasteiger partial charge on any atom is 0.265 e. The van der Waals surface area contributed by atoms with Gasteiger partial charge in [0.15, 0.2) is 0 Å². The molecule has 172 valence electrons. The second-order valence-corrected chi connectivity index (χ2v) is 8.72. The van der Waals surface area contributed by atoms with Crippen molar-refractivity contribution in [1.29, 1.82) is 0 Å². The average Bonchev–Trinajstić information content (AvgIpc) is 2.79. The Morgan fingerprint density at radius 3 is 2.33 bits per heavy atom. The minimum Gasteiger partial charge on any atom is -0.497 e. The molecule has 3 aromatic carbocycles. The zero-order valence-corrected chi connectivity index (χ0v) is 19.2. The lowest BCUT2D eigenvalue weighted by Crippen LogP contribution is -2.15. The molecule has 0 aliphatic carbocycles. The zero-order chi connectivity index (χ0) is 24.0. The molecule has 0 aliphatic heterocycles. The fraction of sp³-hybridized carbons (Fsp3) is 0.0870. The lowest BCUT2D eigenvalue weighted by atomic mass is 10.2. The molecule has 0 aliphatic rings. The Kier molecular flexibility index (Phi) is 7.57. The quantitative estimate of drug-likeness (QED) is 0.436. The Hall–Kier alpha value is -3.56. The average molecular weight is 491 g/mol. The van der Waals surface area contributed by atoms with E-state index in [2.05, 4.69) is 10.0 Å². The molecule has 0 unspecified atom stereocenters. The summed E-state index contributed by atoms with van der Waals surface area (Å²) in [7, 11) is -1.21. The summed E-state index contributed by atoms with van der Waals surface area (Å²) in [5.74, 6) is -0.521. The molecule has 0 aromatic heterocycles. The minimum atomic E-state index is -4.05. The maximum absolute atomic E-state index is 13.9. The van der Waals surface area contributed by atoms with Crippen LogP contribution in [0.1, 0.15) is 5.56 Å². The number of halogens is 2. The van der Waals surface area contributed by atoms with E-state index in [1.807, 2.05) is 0 Å². The number of hydrogen-bond acceptors (Lipinski definition) is 5. The van der Waals surface area contributed by atoms with Gasteiger partial charge in [-0.25, -0.2) is 12.8 Å². The fourth-order valence-corrected chi connectivity index (χ4v) is 4.33. The highest BCUT2D eigenvalue weighted by atomic mass is 35.5. The third-order valence-electron chi connectivity index (χ3n) is 4.46. The third-order valence-corrected chi connectivity index (χ3v) is 6.20.